The summed E-state index contributed by atoms with van der Waals surface area (Å²) in [6, 6.07) is 7.51. The van der Waals surface area contributed by atoms with E-state index in [1.165, 1.54) is 6.20 Å². The van der Waals surface area contributed by atoms with E-state index in [9.17, 15) is 14.3 Å². The third-order valence-corrected chi connectivity index (χ3v) is 7.29. The highest BCUT2D eigenvalue weighted by Crippen LogP contribution is 2.32. The lowest BCUT2D eigenvalue weighted by Crippen LogP contribution is -2.41. The van der Waals surface area contributed by atoms with E-state index in [1.807, 2.05) is 35.0 Å². The first-order valence-corrected chi connectivity index (χ1v) is 12.5. The van der Waals surface area contributed by atoms with Crippen LogP contribution in [0.5, 0.6) is 5.75 Å². The Kier molecular flexibility index (Phi) is 8.15. The maximum atomic E-state index is 14.6. The van der Waals surface area contributed by atoms with Crippen molar-refractivity contribution in [1.29, 1.82) is 0 Å². The molecule has 4 rings (SSSR count). The summed E-state index contributed by atoms with van der Waals surface area (Å²) in [4.78, 5) is 18.0. The van der Waals surface area contributed by atoms with Crippen molar-refractivity contribution < 1.29 is 19.0 Å². The summed E-state index contributed by atoms with van der Waals surface area (Å²) in [6.07, 6.45) is 4.64. The average Bonchev–Trinajstić information content (AvgIpc) is 3.34. The Labute approximate surface area is 203 Å². The summed E-state index contributed by atoms with van der Waals surface area (Å²) in [5, 5.41) is 14.3. The molecular formula is C27H29FN2O3S. The number of hydrogen-bond donors (Lipinski definition) is 1. The van der Waals surface area contributed by atoms with Crippen LogP contribution in [0.3, 0.4) is 0 Å². The van der Waals surface area contributed by atoms with Gasteiger partial charge in [-0.15, -0.1) is 0 Å². The fourth-order valence-electron chi connectivity index (χ4n) is 4.85. The molecule has 2 atom stereocenters. The molecule has 1 fully saturated rings. The van der Waals surface area contributed by atoms with Crippen LogP contribution in [0.2, 0.25) is 0 Å². The largest absolute Gasteiger partial charge is 0.497 e. The number of aromatic nitrogens is 1. The number of halogens is 1. The number of aliphatic carboxylic acids is 1. The highest BCUT2D eigenvalue weighted by Gasteiger charge is 2.30. The van der Waals surface area contributed by atoms with Gasteiger partial charge in [0.25, 0.3) is 0 Å². The predicted molar refractivity (Wildman–Crippen MR) is 133 cm³/mol. The summed E-state index contributed by atoms with van der Waals surface area (Å²) in [7, 11) is 1.59. The fraction of sp³-hybridized carbons (Fsp3) is 0.407. The normalized spacial score (nSPS) is 18.4. The number of benzene rings is 1. The number of fused-ring (bicyclic) bond motifs is 1. The zero-order chi connectivity index (χ0) is 23.9. The van der Waals surface area contributed by atoms with E-state index >= 15 is 0 Å². The molecule has 5 nitrogen and oxygen atoms in total. The first-order valence-electron chi connectivity index (χ1n) is 11.6. The molecule has 1 aliphatic heterocycles. The highest BCUT2D eigenvalue weighted by atomic mass is 32.1. The zero-order valence-corrected chi connectivity index (χ0v) is 20.1. The number of ether oxygens (including phenoxy) is 1. The minimum absolute atomic E-state index is 0.0772. The van der Waals surface area contributed by atoms with Crippen molar-refractivity contribution in [2.45, 2.75) is 32.1 Å². The first kappa shape index (κ1) is 24.2. The fourth-order valence-corrected chi connectivity index (χ4v) is 5.44. The highest BCUT2D eigenvalue weighted by molar-refractivity contribution is 7.08. The second-order valence-electron chi connectivity index (χ2n) is 8.82. The number of aryl methyl sites for hydroxylation is 1. The van der Waals surface area contributed by atoms with Crippen LogP contribution in [0, 0.1) is 29.5 Å². The Morgan fingerprint density at radius 2 is 2.24 bits per heavy atom. The SMILES string of the molecule is COc1ccc2ncc(F)c(CCC[C@@H]3CCN(CC#Cc4ccsc4)C[C@@H]3CC(=O)O)c2c1. The van der Waals surface area contributed by atoms with Gasteiger partial charge in [0, 0.05) is 29.3 Å². The van der Waals surface area contributed by atoms with Crippen molar-refractivity contribution in [2.24, 2.45) is 11.8 Å². The number of hydrogen-bond acceptors (Lipinski definition) is 5. The lowest BCUT2D eigenvalue weighted by Gasteiger charge is -2.37. The molecule has 1 saturated heterocycles. The number of likely N-dealkylation sites (tertiary alicyclic amines) is 1. The third-order valence-electron chi connectivity index (χ3n) is 6.60. The molecule has 0 bridgehead atoms. The van der Waals surface area contributed by atoms with Gasteiger partial charge in [-0.1, -0.05) is 11.8 Å². The number of carboxylic acid groups (broad SMARTS) is 1. The van der Waals surface area contributed by atoms with Crippen LogP contribution in [0.4, 0.5) is 4.39 Å². The molecule has 1 aliphatic rings. The average molecular weight is 481 g/mol. The number of carbonyl (C=O) groups is 1. The molecular weight excluding hydrogens is 451 g/mol. The second-order valence-corrected chi connectivity index (χ2v) is 9.60. The third kappa shape index (κ3) is 6.13. The molecule has 3 heterocycles. The van der Waals surface area contributed by atoms with E-state index in [4.69, 9.17) is 4.74 Å². The Hall–Kier alpha value is -2.95. The summed E-state index contributed by atoms with van der Waals surface area (Å²) in [5.74, 6) is 6.39. The molecule has 0 radical (unpaired) electrons. The zero-order valence-electron chi connectivity index (χ0n) is 19.3. The lowest BCUT2D eigenvalue weighted by atomic mass is 9.80. The molecule has 178 valence electrons. The van der Waals surface area contributed by atoms with Crippen molar-refractivity contribution >= 4 is 28.2 Å². The first-order chi connectivity index (χ1) is 16.5. The van der Waals surface area contributed by atoms with E-state index in [1.54, 1.807) is 18.4 Å². The number of methoxy groups -OCH3 is 1. The maximum Gasteiger partial charge on any atom is 0.303 e. The lowest BCUT2D eigenvalue weighted by molar-refractivity contribution is -0.139. The summed E-state index contributed by atoms with van der Waals surface area (Å²) >= 11 is 1.63. The monoisotopic (exact) mass is 480 g/mol. The molecule has 7 heteroatoms. The van der Waals surface area contributed by atoms with Crippen LogP contribution in [-0.2, 0) is 11.2 Å². The van der Waals surface area contributed by atoms with E-state index in [-0.39, 0.29) is 18.2 Å². The van der Waals surface area contributed by atoms with Crippen molar-refractivity contribution in [3.63, 3.8) is 0 Å². The van der Waals surface area contributed by atoms with E-state index in [2.05, 4.69) is 21.7 Å². The second kappa shape index (κ2) is 11.5. The van der Waals surface area contributed by atoms with Gasteiger partial charge >= 0.3 is 5.97 Å². The molecule has 0 aliphatic carbocycles. The smallest absolute Gasteiger partial charge is 0.303 e. The topological polar surface area (TPSA) is 62.7 Å². The van der Waals surface area contributed by atoms with Gasteiger partial charge in [0.2, 0.25) is 0 Å². The van der Waals surface area contributed by atoms with E-state index in [0.717, 1.165) is 48.8 Å². The molecule has 1 aromatic carbocycles. The van der Waals surface area contributed by atoms with Crippen LogP contribution >= 0.6 is 11.3 Å². The number of rotatable bonds is 8. The molecule has 0 amide bonds. The Morgan fingerprint density at radius 1 is 1.35 bits per heavy atom. The molecule has 34 heavy (non-hydrogen) atoms. The van der Waals surface area contributed by atoms with E-state index in [0.29, 0.717) is 30.2 Å². The van der Waals surface area contributed by atoms with Gasteiger partial charge in [-0.05, 0) is 79.3 Å². The molecule has 1 N–H and O–H groups in total. The van der Waals surface area contributed by atoms with Gasteiger partial charge in [-0.3, -0.25) is 14.7 Å². The van der Waals surface area contributed by atoms with Gasteiger partial charge in [-0.2, -0.15) is 11.3 Å². The number of pyridine rings is 1. The maximum absolute atomic E-state index is 14.6. The Morgan fingerprint density at radius 3 is 3.00 bits per heavy atom. The Bertz CT molecular complexity index is 1190. The van der Waals surface area contributed by atoms with Crippen LogP contribution in [0.25, 0.3) is 10.9 Å². The predicted octanol–water partition coefficient (Wildman–Crippen LogP) is 5.23. The van der Waals surface area contributed by atoms with Crippen molar-refractivity contribution in [3.8, 4) is 17.6 Å². The van der Waals surface area contributed by atoms with Gasteiger partial charge in [0.05, 0.1) is 25.4 Å². The summed E-state index contributed by atoms with van der Waals surface area (Å²) in [5.41, 5.74) is 2.42. The summed E-state index contributed by atoms with van der Waals surface area (Å²) in [6.45, 7) is 2.29. The summed E-state index contributed by atoms with van der Waals surface area (Å²) < 4.78 is 19.9. The van der Waals surface area contributed by atoms with Crippen LogP contribution in [0.1, 0.15) is 36.8 Å². The Balaban J connectivity index is 1.38. The van der Waals surface area contributed by atoms with E-state index < -0.39 is 5.97 Å². The molecule has 3 aromatic rings. The molecule has 0 unspecified atom stereocenters. The number of piperidine rings is 1. The van der Waals surface area contributed by atoms with Crippen LogP contribution in [-0.4, -0.2) is 47.7 Å². The van der Waals surface area contributed by atoms with Crippen molar-refractivity contribution in [2.75, 3.05) is 26.7 Å². The number of nitrogens with zero attached hydrogens (tertiary/aromatic N) is 2. The molecule has 0 spiro atoms. The minimum atomic E-state index is -0.764. The van der Waals surface area contributed by atoms with Gasteiger partial charge in [0.1, 0.15) is 11.6 Å². The number of thiophene rings is 1. The van der Waals surface area contributed by atoms with Gasteiger partial charge in [-0.25, -0.2) is 4.39 Å². The molecule has 2 aromatic heterocycles. The minimum Gasteiger partial charge on any atom is -0.497 e. The standard InChI is InChI=1S/C27H29FN2O3S/c1-33-22-7-8-26-24(15-22)23(25(28)16-29-26)6-2-5-20-9-12-30(17-21(20)14-27(31)32)11-3-4-19-10-13-34-18-19/h7-8,10,13,15-16,18,20-21H,2,5-6,9,11-12,14,17H2,1H3,(H,31,32)/t20-,21+/m1/s1. The van der Waals surface area contributed by atoms with Crippen LogP contribution < -0.4 is 4.74 Å². The van der Waals surface area contributed by atoms with Gasteiger partial charge in [0.15, 0.2) is 0 Å². The van der Waals surface area contributed by atoms with Gasteiger partial charge < -0.3 is 9.84 Å². The van der Waals surface area contributed by atoms with Crippen molar-refractivity contribution in [1.82, 2.24) is 9.88 Å². The quantitative estimate of drug-likeness (QED) is 0.447. The van der Waals surface area contributed by atoms with Crippen molar-refractivity contribution in [3.05, 3.63) is 58.2 Å². The number of carboxylic acids is 1. The van der Waals surface area contributed by atoms with Crippen LogP contribution in [0.15, 0.2) is 41.2 Å². The molecule has 0 saturated carbocycles.